The van der Waals surface area contributed by atoms with Gasteiger partial charge in [-0.15, -0.1) is 0 Å². The van der Waals surface area contributed by atoms with E-state index in [0.29, 0.717) is 79.1 Å². The highest BCUT2D eigenvalue weighted by molar-refractivity contribution is 7.91. The number of rotatable bonds is 10. The number of allylic oxidation sites excluding steroid dienone is 4. The monoisotopic (exact) mass is 791 g/mol. The third-order valence-electron chi connectivity index (χ3n) is 18.3. The minimum atomic E-state index is -2.85. The fourth-order valence-electron chi connectivity index (χ4n) is 15.0. The first kappa shape index (κ1) is 40.5. The molecule has 5 fully saturated rings. The van der Waals surface area contributed by atoms with Gasteiger partial charge in [-0.05, 0) is 153 Å². The van der Waals surface area contributed by atoms with Crippen LogP contribution in [0.15, 0.2) is 35.6 Å². The SMILES string of the molecule is Cc1ccnc(OCCC2(C(=O)O)CC=C(C3=CCC4(C)C(CCC5(C)C4CCC4[C@H]6CCCC6(NCCN6CCS(=O)(=O)CC6)CC[C@]45C)C3(C)C)CC2)n1. The summed E-state index contributed by atoms with van der Waals surface area (Å²) in [6.45, 7) is 18.6. The number of nitrogens with zero attached hydrogens (tertiary/aromatic N) is 3. The molecule has 10 heteroatoms. The van der Waals surface area contributed by atoms with E-state index in [0.717, 1.165) is 43.5 Å². The van der Waals surface area contributed by atoms with Gasteiger partial charge in [0.05, 0.1) is 23.5 Å². The number of carboxylic acid groups (broad SMARTS) is 1. The molecule has 7 aliphatic rings. The maximum Gasteiger partial charge on any atom is 0.316 e. The van der Waals surface area contributed by atoms with Crippen molar-refractivity contribution in [2.45, 2.75) is 137 Å². The van der Waals surface area contributed by atoms with Crippen LogP contribution >= 0.6 is 0 Å². The summed E-state index contributed by atoms with van der Waals surface area (Å²) < 4.78 is 29.8. The highest BCUT2D eigenvalue weighted by atomic mass is 32.2. The Bertz CT molecular complexity index is 1850. The standard InChI is InChI=1S/C46H70N4O5S/c1-32-15-24-47-40(49-32)55-29-23-45(39(51)52)19-11-33(12-20-45)34-13-17-42(4)37(41(34,2)3)14-18-44(6)38(42)10-9-35-36-8-7-16-46(36,22-21-43(35,44)5)48-25-26-50-27-30-56(53,54)31-28-50/h11,13,15,24,35-38,48H,7-10,12,14,16-23,25-31H2,1-6H3,(H,51,52)/t35?,36-,37?,38?,42?,43-,44?,45?,46?/m1/s1. The molecule has 310 valence electrons. The predicted molar refractivity (Wildman–Crippen MR) is 221 cm³/mol. The van der Waals surface area contributed by atoms with Crippen molar-refractivity contribution in [3.63, 3.8) is 0 Å². The maximum absolute atomic E-state index is 12.8. The third kappa shape index (κ3) is 6.62. The lowest BCUT2D eigenvalue weighted by Crippen LogP contribution is -2.67. The first-order valence-corrected chi connectivity index (χ1v) is 24.0. The zero-order chi connectivity index (χ0) is 39.8. The summed E-state index contributed by atoms with van der Waals surface area (Å²) in [7, 11) is -2.85. The Labute approximate surface area is 337 Å². The Kier molecular flexibility index (Phi) is 10.5. The van der Waals surface area contributed by atoms with E-state index in [2.05, 4.69) is 67.0 Å². The number of carboxylic acids is 1. The number of nitrogens with one attached hydrogen (secondary N) is 1. The van der Waals surface area contributed by atoms with Crippen LogP contribution in [0, 0.1) is 57.7 Å². The molecule has 0 amide bonds. The molecule has 1 aromatic heterocycles. The van der Waals surface area contributed by atoms with E-state index in [4.69, 9.17) is 4.74 Å². The Morgan fingerprint density at radius 3 is 2.43 bits per heavy atom. The van der Waals surface area contributed by atoms with Gasteiger partial charge in [0.2, 0.25) is 0 Å². The lowest BCUT2D eigenvalue weighted by molar-refractivity contribution is -0.218. The number of aromatic nitrogens is 2. The molecule has 2 heterocycles. The molecule has 0 radical (unpaired) electrons. The zero-order valence-corrected chi connectivity index (χ0v) is 36.1. The van der Waals surface area contributed by atoms with Gasteiger partial charge in [-0.25, -0.2) is 18.4 Å². The van der Waals surface area contributed by atoms with Gasteiger partial charge >= 0.3 is 12.0 Å². The highest BCUT2D eigenvalue weighted by Gasteiger charge is 2.69. The molecule has 2 N–H and O–H groups in total. The van der Waals surface area contributed by atoms with Gasteiger partial charge in [-0.3, -0.25) is 4.79 Å². The summed E-state index contributed by atoms with van der Waals surface area (Å²) in [5, 5.41) is 14.6. The van der Waals surface area contributed by atoms with Gasteiger partial charge < -0.3 is 20.1 Å². The van der Waals surface area contributed by atoms with Crippen LogP contribution in [0.2, 0.25) is 0 Å². The molecule has 0 bridgehead atoms. The molecule has 4 saturated carbocycles. The number of hydrogen-bond acceptors (Lipinski definition) is 8. The zero-order valence-electron chi connectivity index (χ0n) is 35.3. The first-order valence-electron chi connectivity index (χ1n) is 22.2. The Hall–Kier alpha value is -2.30. The van der Waals surface area contributed by atoms with Crippen LogP contribution in [0.3, 0.4) is 0 Å². The second-order valence-corrected chi connectivity index (χ2v) is 23.2. The van der Waals surface area contributed by atoms with E-state index in [9.17, 15) is 18.3 Å². The van der Waals surface area contributed by atoms with Gasteiger partial charge in [0, 0.05) is 43.6 Å². The van der Waals surface area contributed by atoms with Crippen LogP contribution in [0.5, 0.6) is 6.01 Å². The van der Waals surface area contributed by atoms with E-state index in [1.165, 1.54) is 68.9 Å². The number of carbonyl (C=O) groups is 1. The maximum atomic E-state index is 12.8. The van der Waals surface area contributed by atoms with Crippen LogP contribution in [-0.2, 0) is 14.6 Å². The molecule has 56 heavy (non-hydrogen) atoms. The van der Waals surface area contributed by atoms with Crippen LogP contribution in [0.25, 0.3) is 0 Å². The summed E-state index contributed by atoms with van der Waals surface area (Å²) in [5.41, 5.74) is 4.03. The van der Waals surface area contributed by atoms with Crippen LogP contribution in [0.1, 0.15) is 130 Å². The summed E-state index contributed by atoms with van der Waals surface area (Å²) in [6.07, 6.45) is 21.9. The molecular formula is C46H70N4O5S. The molecule has 1 saturated heterocycles. The number of fused-ring (bicyclic) bond motifs is 7. The third-order valence-corrected chi connectivity index (χ3v) is 19.9. The number of sulfone groups is 1. The first-order chi connectivity index (χ1) is 26.5. The van der Waals surface area contributed by atoms with Crippen molar-refractivity contribution < 1.29 is 23.1 Å². The van der Waals surface area contributed by atoms with Crippen molar-refractivity contribution in [3.8, 4) is 6.01 Å². The molecule has 6 aliphatic carbocycles. The van der Waals surface area contributed by atoms with E-state index in [1.807, 2.05) is 13.0 Å². The fraction of sp³-hybridized carbons (Fsp3) is 0.804. The Morgan fingerprint density at radius 1 is 0.929 bits per heavy atom. The van der Waals surface area contributed by atoms with Gasteiger partial charge in [0.1, 0.15) is 0 Å². The molecule has 9 atom stereocenters. The Morgan fingerprint density at radius 2 is 1.71 bits per heavy atom. The molecule has 0 aromatic carbocycles. The van der Waals surface area contributed by atoms with Crippen molar-refractivity contribution in [2.24, 2.45) is 50.7 Å². The van der Waals surface area contributed by atoms with E-state index < -0.39 is 21.2 Å². The largest absolute Gasteiger partial charge is 0.481 e. The average Bonchev–Trinajstić information content (AvgIpc) is 3.57. The molecule has 9 nitrogen and oxygen atoms in total. The number of aryl methyl sites for hydroxylation is 1. The fourth-order valence-corrected chi connectivity index (χ4v) is 16.2. The van der Waals surface area contributed by atoms with Crippen LogP contribution in [-0.4, -0.2) is 84.2 Å². The van der Waals surface area contributed by atoms with Crippen molar-refractivity contribution in [1.82, 2.24) is 20.2 Å². The molecule has 7 unspecified atom stereocenters. The molecule has 1 aliphatic heterocycles. The smallest absolute Gasteiger partial charge is 0.316 e. The molecule has 1 aromatic rings. The minimum Gasteiger partial charge on any atom is -0.481 e. The van der Waals surface area contributed by atoms with E-state index in [1.54, 1.807) is 6.20 Å². The molecule has 0 spiro atoms. The lowest BCUT2D eigenvalue weighted by Gasteiger charge is -2.72. The van der Waals surface area contributed by atoms with E-state index in [-0.39, 0.29) is 16.4 Å². The average molecular weight is 791 g/mol. The summed E-state index contributed by atoms with van der Waals surface area (Å²) in [6, 6.07) is 2.14. The minimum absolute atomic E-state index is 0.0302. The molecular weight excluding hydrogens is 721 g/mol. The van der Waals surface area contributed by atoms with Crippen molar-refractivity contribution in [1.29, 1.82) is 0 Å². The van der Waals surface area contributed by atoms with Crippen molar-refractivity contribution in [2.75, 3.05) is 44.3 Å². The van der Waals surface area contributed by atoms with Crippen LogP contribution in [0.4, 0.5) is 0 Å². The lowest BCUT2D eigenvalue weighted by atomic mass is 9.33. The quantitative estimate of drug-likeness (QED) is 0.242. The topological polar surface area (TPSA) is 122 Å². The van der Waals surface area contributed by atoms with Crippen molar-refractivity contribution in [3.05, 3.63) is 41.3 Å². The summed E-state index contributed by atoms with van der Waals surface area (Å²) in [4.78, 5) is 23.6. The van der Waals surface area contributed by atoms with Gasteiger partial charge in [0.15, 0.2) is 9.84 Å². The van der Waals surface area contributed by atoms with Gasteiger partial charge in [0.25, 0.3) is 0 Å². The van der Waals surface area contributed by atoms with E-state index >= 15 is 0 Å². The number of aliphatic carboxylic acids is 1. The summed E-state index contributed by atoms with van der Waals surface area (Å²) >= 11 is 0. The number of ether oxygens (including phenoxy) is 1. The van der Waals surface area contributed by atoms with Crippen LogP contribution < -0.4 is 10.1 Å². The molecule has 8 rings (SSSR count). The second kappa shape index (κ2) is 14.5. The van der Waals surface area contributed by atoms with Crippen molar-refractivity contribution >= 4 is 15.8 Å². The number of hydrogen-bond donors (Lipinski definition) is 2. The second-order valence-electron chi connectivity index (χ2n) is 20.9. The highest BCUT2D eigenvalue weighted by Crippen LogP contribution is 2.76. The Balaban J connectivity index is 0.958. The predicted octanol–water partition coefficient (Wildman–Crippen LogP) is 8.20. The van der Waals surface area contributed by atoms with Gasteiger partial charge in [-0.2, -0.15) is 0 Å². The summed E-state index contributed by atoms with van der Waals surface area (Å²) in [5.74, 6) is 2.68. The normalized spacial score (nSPS) is 41.6. The van der Waals surface area contributed by atoms with Gasteiger partial charge in [-0.1, -0.05) is 53.2 Å².